The molecule has 0 aromatic heterocycles. The molecule has 2 bridgehead atoms. The summed E-state index contributed by atoms with van der Waals surface area (Å²) >= 11 is 12.1. The Morgan fingerprint density at radius 1 is 1.03 bits per heavy atom. The Labute approximate surface area is 198 Å². The Morgan fingerprint density at radius 2 is 1.70 bits per heavy atom. The second-order valence-electron chi connectivity index (χ2n) is 8.32. The summed E-state index contributed by atoms with van der Waals surface area (Å²) in [5, 5.41) is 3.55. The molecule has 2 fully saturated rings. The number of piperazine rings is 1. The zero-order chi connectivity index (χ0) is 23.9. The van der Waals surface area contributed by atoms with E-state index >= 15 is 0 Å². The highest BCUT2D eigenvalue weighted by atomic mass is 35.5. The third kappa shape index (κ3) is 5.05. The monoisotopic (exact) mass is 500 g/mol. The molecule has 2 saturated heterocycles. The number of likely N-dealkylation sites (tertiary alicyclic amines) is 2. The van der Waals surface area contributed by atoms with Gasteiger partial charge in [0.1, 0.15) is 5.82 Å². The maximum Gasteiger partial charge on any atom is 0.322 e. The van der Waals surface area contributed by atoms with Gasteiger partial charge in [-0.1, -0.05) is 23.2 Å². The summed E-state index contributed by atoms with van der Waals surface area (Å²) in [7, 11) is 0. The number of carbonyl (C=O) groups is 2. The van der Waals surface area contributed by atoms with Crippen molar-refractivity contribution in [3.05, 3.63) is 63.4 Å². The SMILES string of the molecule is N[C@@H](CC(=O)N1C[C@@H]2C[C@H]1CN2C(=O)Nc1cc(Cl)ccc1Cl)Cc1cc(F)c(F)cc1F. The molecule has 33 heavy (non-hydrogen) atoms. The Kier molecular flexibility index (Phi) is 6.74. The molecule has 2 heterocycles. The van der Waals surface area contributed by atoms with E-state index in [1.54, 1.807) is 28.0 Å². The molecule has 0 saturated carbocycles. The fourth-order valence-corrected chi connectivity index (χ4v) is 4.75. The van der Waals surface area contributed by atoms with Crippen molar-refractivity contribution in [3.8, 4) is 0 Å². The van der Waals surface area contributed by atoms with E-state index in [2.05, 4.69) is 5.32 Å². The van der Waals surface area contributed by atoms with E-state index in [0.29, 0.717) is 41.3 Å². The van der Waals surface area contributed by atoms with Gasteiger partial charge in [0.05, 0.1) is 22.8 Å². The molecule has 0 unspecified atom stereocenters. The van der Waals surface area contributed by atoms with Gasteiger partial charge in [0.15, 0.2) is 11.6 Å². The first-order valence-electron chi connectivity index (χ1n) is 10.3. The van der Waals surface area contributed by atoms with E-state index in [4.69, 9.17) is 28.9 Å². The molecule has 3 amide bonds. The van der Waals surface area contributed by atoms with Crippen molar-refractivity contribution in [1.29, 1.82) is 0 Å². The Morgan fingerprint density at radius 3 is 2.39 bits per heavy atom. The molecule has 2 aromatic carbocycles. The number of hydrogen-bond acceptors (Lipinski definition) is 3. The summed E-state index contributed by atoms with van der Waals surface area (Å²) in [4.78, 5) is 28.8. The van der Waals surface area contributed by atoms with E-state index in [0.717, 1.165) is 6.07 Å². The summed E-state index contributed by atoms with van der Waals surface area (Å²) in [5.74, 6) is -3.58. The molecule has 2 aliphatic rings. The lowest BCUT2D eigenvalue weighted by molar-refractivity contribution is -0.133. The lowest BCUT2D eigenvalue weighted by Gasteiger charge is -2.34. The van der Waals surface area contributed by atoms with Crippen LogP contribution in [0, 0.1) is 17.5 Å². The number of nitrogens with zero attached hydrogens (tertiary/aromatic N) is 2. The molecule has 6 nitrogen and oxygen atoms in total. The van der Waals surface area contributed by atoms with Crippen LogP contribution in [-0.4, -0.2) is 53.0 Å². The largest absolute Gasteiger partial charge is 0.336 e. The molecule has 3 atom stereocenters. The summed E-state index contributed by atoms with van der Waals surface area (Å²) in [6, 6.07) is 4.59. The smallest absolute Gasteiger partial charge is 0.322 e. The average molecular weight is 501 g/mol. The molecule has 0 aliphatic carbocycles. The van der Waals surface area contributed by atoms with Crippen LogP contribution in [0.5, 0.6) is 0 Å². The van der Waals surface area contributed by atoms with Crippen molar-refractivity contribution in [3.63, 3.8) is 0 Å². The van der Waals surface area contributed by atoms with E-state index in [-0.39, 0.29) is 42.4 Å². The van der Waals surface area contributed by atoms with Gasteiger partial charge in [-0.25, -0.2) is 18.0 Å². The van der Waals surface area contributed by atoms with Crippen LogP contribution < -0.4 is 11.1 Å². The summed E-state index contributed by atoms with van der Waals surface area (Å²) in [6.45, 7) is 0.708. The second-order valence-corrected chi connectivity index (χ2v) is 9.17. The maximum atomic E-state index is 13.9. The highest BCUT2D eigenvalue weighted by molar-refractivity contribution is 6.35. The first-order valence-corrected chi connectivity index (χ1v) is 11.1. The van der Waals surface area contributed by atoms with Crippen molar-refractivity contribution in [2.75, 3.05) is 18.4 Å². The van der Waals surface area contributed by atoms with Gasteiger partial charge in [-0.3, -0.25) is 4.79 Å². The van der Waals surface area contributed by atoms with E-state index < -0.39 is 23.5 Å². The van der Waals surface area contributed by atoms with Crippen molar-refractivity contribution in [2.24, 2.45) is 5.73 Å². The molecule has 2 aromatic rings. The van der Waals surface area contributed by atoms with Crippen LogP contribution in [0.15, 0.2) is 30.3 Å². The zero-order valence-corrected chi connectivity index (χ0v) is 18.8. The molecule has 0 radical (unpaired) electrons. The molecule has 11 heteroatoms. The molecule has 0 spiro atoms. The number of halogens is 5. The molecule has 4 rings (SSSR count). The fraction of sp³-hybridized carbons (Fsp3) is 0.364. The van der Waals surface area contributed by atoms with Crippen LogP contribution >= 0.6 is 23.2 Å². The summed E-state index contributed by atoms with van der Waals surface area (Å²) in [5.41, 5.74) is 6.31. The van der Waals surface area contributed by atoms with Crippen LogP contribution in [0.4, 0.5) is 23.7 Å². The van der Waals surface area contributed by atoms with Crippen molar-refractivity contribution in [1.82, 2.24) is 9.80 Å². The predicted molar refractivity (Wildman–Crippen MR) is 119 cm³/mol. The first-order chi connectivity index (χ1) is 15.6. The molecule has 176 valence electrons. The van der Waals surface area contributed by atoms with E-state index in [9.17, 15) is 22.8 Å². The number of fused-ring (bicyclic) bond motifs is 2. The number of hydrogen-bond donors (Lipinski definition) is 2. The third-order valence-electron chi connectivity index (χ3n) is 6.00. The van der Waals surface area contributed by atoms with Gasteiger partial charge in [0.25, 0.3) is 0 Å². The number of nitrogens with two attached hydrogens (primary N) is 1. The first kappa shape index (κ1) is 23.7. The number of carbonyl (C=O) groups excluding carboxylic acids is 2. The van der Waals surface area contributed by atoms with Gasteiger partial charge in [0, 0.05) is 36.6 Å². The van der Waals surface area contributed by atoms with E-state index in [1.807, 2.05) is 0 Å². The quantitative estimate of drug-likeness (QED) is 0.604. The minimum absolute atomic E-state index is 0.0774. The normalized spacial score (nSPS) is 20.3. The Bertz CT molecular complexity index is 1100. The highest BCUT2D eigenvalue weighted by Gasteiger charge is 2.47. The van der Waals surface area contributed by atoms with Gasteiger partial charge >= 0.3 is 6.03 Å². The number of urea groups is 1. The highest BCUT2D eigenvalue weighted by Crippen LogP contribution is 2.33. The van der Waals surface area contributed by atoms with Crippen LogP contribution in [0.3, 0.4) is 0 Å². The van der Waals surface area contributed by atoms with Gasteiger partial charge < -0.3 is 20.9 Å². The lowest BCUT2D eigenvalue weighted by Crippen LogP contribution is -2.52. The molecule has 2 aliphatic heterocycles. The summed E-state index contributed by atoms with van der Waals surface area (Å²) < 4.78 is 40.3. The number of amides is 3. The number of anilines is 1. The van der Waals surface area contributed by atoms with Crippen LogP contribution in [0.2, 0.25) is 10.0 Å². The molecular weight excluding hydrogens is 480 g/mol. The molecule has 3 N–H and O–H groups in total. The fourth-order valence-electron chi connectivity index (χ4n) is 4.42. The van der Waals surface area contributed by atoms with Gasteiger partial charge in [-0.15, -0.1) is 0 Å². The summed E-state index contributed by atoms with van der Waals surface area (Å²) in [6.07, 6.45) is 0.451. The number of benzene rings is 2. The second kappa shape index (κ2) is 9.40. The van der Waals surface area contributed by atoms with E-state index in [1.165, 1.54) is 0 Å². The number of nitrogens with one attached hydrogen (secondary N) is 1. The van der Waals surface area contributed by atoms with Crippen LogP contribution in [0.25, 0.3) is 0 Å². The van der Waals surface area contributed by atoms with Gasteiger partial charge in [0.2, 0.25) is 5.91 Å². The standard InChI is InChI=1S/C22H21Cl2F3N4O2/c23-12-1-2-16(24)20(5-12)29-22(33)31-10-14-7-15(31)9-30(14)21(32)6-13(28)3-11-4-18(26)19(27)8-17(11)25/h1-2,4-5,8,13-15H,3,6-7,9-10,28H2,(H,29,33)/t13-,14+,15+/m1/s1. The van der Waals surface area contributed by atoms with Crippen LogP contribution in [0.1, 0.15) is 18.4 Å². The predicted octanol–water partition coefficient (Wildman–Crippen LogP) is 4.19. The molecular formula is C22H21Cl2F3N4O2. The van der Waals surface area contributed by atoms with Crippen molar-refractivity contribution < 1.29 is 22.8 Å². The Balaban J connectivity index is 1.32. The van der Waals surface area contributed by atoms with Gasteiger partial charge in [-0.2, -0.15) is 0 Å². The van der Waals surface area contributed by atoms with Crippen molar-refractivity contribution >= 4 is 40.8 Å². The minimum Gasteiger partial charge on any atom is -0.336 e. The minimum atomic E-state index is -1.28. The third-order valence-corrected chi connectivity index (χ3v) is 6.56. The lowest BCUT2D eigenvalue weighted by atomic mass is 10.0. The Hall–Kier alpha value is -2.49. The maximum absolute atomic E-state index is 13.9. The topological polar surface area (TPSA) is 78.7 Å². The van der Waals surface area contributed by atoms with Gasteiger partial charge in [-0.05, 0) is 42.7 Å². The zero-order valence-electron chi connectivity index (χ0n) is 17.3. The van der Waals surface area contributed by atoms with Crippen LogP contribution in [-0.2, 0) is 11.2 Å². The average Bonchev–Trinajstić information content (AvgIpc) is 3.36. The number of rotatable bonds is 5. The van der Waals surface area contributed by atoms with Crippen molar-refractivity contribution in [2.45, 2.75) is 37.4 Å².